The van der Waals surface area contributed by atoms with Gasteiger partial charge < -0.3 is 25.2 Å². The Hall–Kier alpha value is -2.01. The van der Waals surface area contributed by atoms with Crippen LogP contribution < -0.4 is 16.6 Å². The van der Waals surface area contributed by atoms with Crippen LogP contribution in [0.2, 0.25) is 0 Å². The number of aliphatic hydroxyl groups is 2. The number of H-pyrrole nitrogens is 1. The zero-order valence-corrected chi connectivity index (χ0v) is 15.1. The van der Waals surface area contributed by atoms with Crippen molar-refractivity contribution in [3.63, 3.8) is 0 Å². The van der Waals surface area contributed by atoms with Crippen LogP contribution in [0, 0.1) is 0 Å². The molecule has 0 bridgehead atoms. The number of aromatic amines is 1. The van der Waals surface area contributed by atoms with Gasteiger partial charge in [0.2, 0.25) is 0 Å². The van der Waals surface area contributed by atoms with Crippen LogP contribution in [0.5, 0.6) is 0 Å². The molecule has 27 heavy (non-hydrogen) atoms. The van der Waals surface area contributed by atoms with E-state index in [2.05, 4.69) is 15.2 Å². The monoisotopic (exact) mass is 382 g/mol. The maximum atomic E-state index is 12.4. The van der Waals surface area contributed by atoms with Crippen molar-refractivity contribution in [2.45, 2.75) is 44.1 Å². The van der Waals surface area contributed by atoms with Gasteiger partial charge in [0.05, 0.1) is 12.7 Å². The molecule has 3 atom stereocenters. The van der Waals surface area contributed by atoms with E-state index >= 15 is 0 Å². The molecule has 1 unspecified atom stereocenters. The van der Waals surface area contributed by atoms with E-state index in [1.807, 2.05) is 0 Å². The van der Waals surface area contributed by atoms with Crippen molar-refractivity contribution in [1.82, 2.24) is 19.8 Å². The molecule has 2 saturated heterocycles. The molecule has 10 nitrogen and oxygen atoms in total. The molecule has 3 heterocycles. The summed E-state index contributed by atoms with van der Waals surface area (Å²) in [5, 5.41) is 21.7. The summed E-state index contributed by atoms with van der Waals surface area (Å²) in [5.74, 6) is -0.570. The quantitative estimate of drug-likeness (QED) is 0.465. The van der Waals surface area contributed by atoms with Crippen LogP contribution in [0.4, 0.5) is 0 Å². The molecule has 0 radical (unpaired) electrons. The molecule has 0 aliphatic carbocycles. The van der Waals surface area contributed by atoms with E-state index in [1.54, 1.807) is 0 Å². The van der Waals surface area contributed by atoms with Crippen molar-refractivity contribution in [3.8, 4) is 0 Å². The second-order valence-corrected chi connectivity index (χ2v) is 6.98. The Labute approximate surface area is 155 Å². The van der Waals surface area contributed by atoms with Crippen molar-refractivity contribution in [2.24, 2.45) is 0 Å². The SMILES string of the molecule is O=C(NCCN1CCCCC1)c1cn([C@H]2CC(O)[C@@H](CO)O2)c(=O)[nH]c1=O. The summed E-state index contributed by atoms with van der Waals surface area (Å²) in [6, 6.07) is 0. The molecule has 2 aliphatic heterocycles. The minimum Gasteiger partial charge on any atom is -0.394 e. The van der Waals surface area contributed by atoms with Crippen LogP contribution >= 0.6 is 0 Å². The fourth-order valence-electron chi connectivity index (χ4n) is 3.52. The van der Waals surface area contributed by atoms with E-state index in [0.717, 1.165) is 36.7 Å². The summed E-state index contributed by atoms with van der Waals surface area (Å²) in [4.78, 5) is 40.8. The van der Waals surface area contributed by atoms with Crippen molar-refractivity contribution >= 4 is 5.91 Å². The second-order valence-electron chi connectivity index (χ2n) is 6.98. The number of hydrogen-bond donors (Lipinski definition) is 4. The zero-order chi connectivity index (χ0) is 19.4. The summed E-state index contributed by atoms with van der Waals surface area (Å²) < 4.78 is 6.50. The molecule has 1 amide bonds. The lowest BCUT2D eigenvalue weighted by molar-refractivity contribution is -0.0459. The average molecular weight is 382 g/mol. The number of carbonyl (C=O) groups excluding carboxylic acids is 1. The summed E-state index contributed by atoms with van der Waals surface area (Å²) >= 11 is 0. The van der Waals surface area contributed by atoms with Gasteiger partial charge in [-0.15, -0.1) is 0 Å². The molecule has 2 fully saturated rings. The van der Waals surface area contributed by atoms with E-state index in [0.29, 0.717) is 13.1 Å². The van der Waals surface area contributed by atoms with Crippen LogP contribution in [-0.4, -0.2) is 75.6 Å². The van der Waals surface area contributed by atoms with E-state index in [-0.39, 0.29) is 18.6 Å². The van der Waals surface area contributed by atoms with Crippen LogP contribution in [0.1, 0.15) is 42.3 Å². The van der Waals surface area contributed by atoms with Crippen molar-refractivity contribution in [3.05, 3.63) is 32.6 Å². The van der Waals surface area contributed by atoms with Gasteiger partial charge >= 0.3 is 5.69 Å². The van der Waals surface area contributed by atoms with E-state index in [4.69, 9.17) is 9.84 Å². The first kappa shape index (κ1) is 19.7. The Morgan fingerprint density at radius 3 is 2.70 bits per heavy atom. The first-order valence-corrected chi connectivity index (χ1v) is 9.30. The van der Waals surface area contributed by atoms with Gasteiger partial charge in [-0.2, -0.15) is 0 Å². The number of likely N-dealkylation sites (tertiary alicyclic amines) is 1. The smallest absolute Gasteiger partial charge is 0.330 e. The van der Waals surface area contributed by atoms with Crippen molar-refractivity contribution in [2.75, 3.05) is 32.8 Å². The topological polar surface area (TPSA) is 137 Å². The minimum absolute atomic E-state index is 0.0766. The number of aliphatic hydroxyl groups excluding tert-OH is 2. The minimum atomic E-state index is -0.930. The molecule has 2 aliphatic rings. The number of ether oxygens (including phenoxy) is 1. The number of carbonyl (C=O) groups is 1. The van der Waals surface area contributed by atoms with Crippen LogP contribution in [0.25, 0.3) is 0 Å². The Kier molecular flexibility index (Phi) is 6.42. The molecule has 150 valence electrons. The van der Waals surface area contributed by atoms with E-state index < -0.39 is 35.6 Å². The van der Waals surface area contributed by atoms with Gasteiger partial charge in [-0.25, -0.2) is 4.79 Å². The number of rotatable bonds is 6. The van der Waals surface area contributed by atoms with Crippen molar-refractivity contribution < 1.29 is 19.7 Å². The third-order valence-electron chi connectivity index (χ3n) is 5.07. The van der Waals surface area contributed by atoms with Gasteiger partial charge in [-0.3, -0.25) is 19.1 Å². The number of nitrogens with zero attached hydrogens (tertiary/aromatic N) is 2. The van der Waals surface area contributed by atoms with Gasteiger partial charge in [0.25, 0.3) is 11.5 Å². The number of hydrogen-bond acceptors (Lipinski definition) is 7. The lowest BCUT2D eigenvalue weighted by atomic mass is 10.1. The molecule has 0 spiro atoms. The number of nitrogens with one attached hydrogen (secondary N) is 2. The predicted octanol–water partition coefficient (Wildman–Crippen LogP) is -1.61. The third kappa shape index (κ3) is 4.64. The van der Waals surface area contributed by atoms with Crippen LogP contribution in [-0.2, 0) is 4.74 Å². The number of aromatic nitrogens is 2. The predicted molar refractivity (Wildman–Crippen MR) is 95.6 cm³/mol. The molecule has 4 N–H and O–H groups in total. The van der Waals surface area contributed by atoms with Gasteiger partial charge in [0, 0.05) is 25.7 Å². The first-order chi connectivity index (χ1) is 13.0. The second kappa shape index (κ2) is 8.79. The van der Waals surface area contributed by atoms with Crippen molar-refractivity contribution in [1.29, 1.82) is 0 Å². The highest BCUT2D eigenvalue weighted by Crippen LogP contribution is 2.27. The Morgan fingerprint density at radius 2 is 2.04 bits per heavy atom. The van der Waals surface area contributed by atoms with Gasteiger partial charge in [0.1, 0.15) is 17.9 Å². The molecular formula is C17H26N4O6. The summed E-state index contributed by atoms with van der Waals surface area (Å²) in [5.41, 5.74) is -1.71. The Balaban J connectivity index is 1.67. The molecule has 3 rings (SSSR count). The summed E-state index contributed by atoms with van der Waals surface area (Å²) in [7, 11) is 0. The first-order valence-electron chi connectivity index (χ1n) is 9.30. The highest BCUT2D eigenvalue weighted by Gasteiger charge is 2.35. The van der Waals surface area contributed by atoms with Gasteiger partial charge in [-0.1, -0.05) is 6.42 Å². The standard InChI is InChI=1S/C17H26N4O6/c22-10-13-12(23)8-14(27-13)21-9-11(16(25)19-17(21)26)15(24)18-4-7-20-5-2-1-3-6-20/h9,12-14,22-23H,1-8,10H2,(H,18,24)(H,19,25,26)/t12?,13-,14-/m1/s1. The molecule has 0 saturated carbocycles. The molecule has 0 aromatic carbocycles. The maximum Gasteiger partial charge on any atom is 0.330 e. The molecule has 10 heteroatoms. The fourth-order valence-corrected chi connectivity index (χ4v) is 3.52. The zero-order valence-electron chi connectivity index (χ0n) is 15.1. The Bertz CT molecular complexity index is 769. The highest BCUT2D eigenvalue weighted by atomic mass is 16.5. The highest BCUT2D eigenvalue weighted by molar-refractivity contribution is 5.93. The molecule has 1 aromatic rings. The Morgan fingerprint density at radius 1 is 1.30 bits per heavy atom. The lowest BCUT2D eigenvalue weighted by Crippen LogP contribution is -2.41. The molecular weight excluding hydrogens is 356 g/mol. The maximum absolute atomic E-state index is 12.4. The van der Waals surface area contributed by atoms with Gasteiger partial charge in [-0.05, 0) is 25.9 Å². The van der Waals surface area contributed by atoms with Crippen LogP contribution in [0.3, 0.4) is 0 Å². The van der Waals surface area contributed by atoms with Gasteiger partial charge in [0.15, 0.2) is 0 Å². The fraction of sp³-hybridized carbons (Fsp3) is 0.706. The third-order valence-corrected chi connectivity index (χ3v) is 5.07. The average Bonchev–Trinajstić information content (AvgIpc) is 3.03. The van der Waals surface area contributed by atoms with Crippen LogP contribution in [0.15, 0.2) is 15.8 Å². The van der Waals surface area contributed by atoms with E-state index in [1.165, 1.54) is 6.42 Å². The largest absolute Gasteiger partial charge is 0.394 e. The number of piperidine rings is 1. The summed E-state index contributed by atoms with van der Waals surface area (Å²) in [6.45, 7) is 2.74. The lowest BCUT2D eigenvalue weighted by Gasteiger charge is -2.26. The number of amides is 1. The summed E-state index contributed by atoms with van der Waals surface area (Å²) in [6.07, 6.45) is 2.16. The van der Waals surface area contributed by atoms with E-state index in [9.17, 15) is 19.5 Å². The molecule has 1 aromatic heterocycles. The normalized spacial score (nSPS) is 26.2.